The predicted molar refractivity (Wildman–Crippen MR) is 76.0 cm³/mol. The molecule has 0 spiro atoms. The van der Waals surface area contributed by atoms with E-state index in [2.05, 4.69) is 9.80 Å². The maximum absolute atomic E-state index is 7.22. The lowest BCUT2D eigenvalue weighted by molar-refractivity contribution is 0.153. The average Bonchev–Trinajstić information content (AvgIpc) is 2.84. The van der Waals surface area contributed by atoms with Gasteiger partial charge < -0.3 is 15.5 Å². The fraction of sp³-hybridized carbons (Fsp3) is 0.929. The molecule has 2 aliphatic rings. The highest BCUT2D eigenvalue weighted by Gasteiger charge is 2.22. The van der Waals surface area contributed by atoms with Crippen LogP contribution in [-0.2, 0) is 0 Å². The van der Waals surface area contributed by atoms with E-state index in [1.807, 2.05) is 0 Å². The molecule has 3 N–H and O–H groups in total. The van der Waals surface area contributed by atoms with Gasteiger partial charge in [-0.3, -0.25) is 5.41 Å². The Labute approximate surface area is 111 Å². The quantitative estimate of drug-likeness (QED) is 0.556. The minimum absolute atomic E-state index is 0.332. The van der Waals surface area contributed by atoms with Gasteiger partial charge in [-0.25, -0.2) is 0 Å². The summed E-state index contributed by atoms with van der Waals surface area (Å²) in [7, 11) is 0. The maximum Gasteiger partial charge on any atom is 0.0905 e. The second-order valence-electron chi connectivity index (χ2n) is 5.92. The van der Waals surface area contributed by atoms with Crippen LogP contribution in [0.3, 0.4) is 0 Å². The summed E-state index contributed by atoms with van der Waals surface area (Å²) in [6.45, 7) is 7.61. The minimum Gasteiger partial charge on any atom is -0.388 e. The smallest absolute Gasteiger partial charge is 0.0905 e. The zero-order valence-electron chi connectivity index (χ0n) is 11.5. The first-order valence-corrected chi connectivity index (χ1v) is 7.51. The molecular weight excluding hydrogens is 224 g/mol. The van der Waals surface area contributed by atoms with Gasteiger partial charge in [0.25, 0.3) is 0 Å². The molecule has 0 radical (unpaired) electrons. The van der Waals surface area contributed by atoms with Gasteiger partial charge in [-0.2, -0.15) is 0 Å². The molecule has 2 fully saturated rings. The van der Waals surface area contributed by atoms with Crippen molar-refractivity contribution in [3.8, 4) is 0 Å². The molecule has 4 nitrogen and oxygen atoms in total. The third-order valence-corrected chi connectivity index (χ3v) is 4.34. The Morgan fingerprint density at radius 3 is 2.33 bits per heavy atom. The van der Waals surface area contributed by atoms with Crippen molar-refractivity contribution in [3.63, 3.8) is 0 Å². The molecule has 2 heterocycles. The van der Waals surface area contributed by atoms with Crippen LogP contribution in [0, 0.1) is 11.3 Å². The van der Waals surface area contributed by atoms with Crippen molar-refractivity contribution in [2.24, 2.45) is 11.7 Å². The standard InChI is InChI=1S/C14H28N4/c15-14(16)4-3-9-17-10-5-13(6-11-17)12-18-7-1-2-8-18/h13H,1-12H2,(H3,15,16). The Bertz CT molecular complexity index is 253. The summed E-state index contributed by atoms with van der Waals surface area (Å²) in [4.78, 5) is 5.19. The topological polar surface area (TPSA) is 56.4 Å². The van der Waals surface area contributed by atoms with Crippen molar-refractivity contribution in [2.75, 3.05) is 39.3 Å². The minimum atomic E-state index is 0.332. The number of rotatable bonds is 6. The molecule has 0 bridgehead atoms. The molecule has 0 aromatic rings. The van der Waals surface area contributed by atoms with E-state index < -0.39 is 0 Å². The Morgan fingerprint density at radius 2 is 1.72 bits per heavy atom. The van der Waals surface area contributed by atoms with Crippen LogP contribution in [0.4, 0.5) is 0 Å². The lowest BCUT2D eigenvalue weighted by atomic mass is 9.96. The number of piperidine rings is 1. The molecule has 18 heavy (non-hydrogen) atoms. The van der Waals surface area contributed by atoms with Crippen molar-refractivity contribution in [2.45, 2.75) is 38.5 Å². The molecule has 2 saturated heterocycles. The maximum atomic E-state index is 7.22. The largest absolute Gasteiger partial charge is 0.388 e. The zero-order chi connectivity index (χ0) is 12.8. The highest BCUT2D eigenvalue weighted by atomic mass is 15.2. The van der Waals surface area contributed by atoms with Crippen LogP contribution < -0.4 is 5.73 Å². The fourth-order valence-electron chi connectivity index (χ4n) is 3.22. The summed E-state index contributed by atoms with van der Waals surface area (Å²) in [5.41, 5.74) is 5.38. The van der Waals surface area contributed by atoms with E-state index in [1.54, 1.807) is 0 Å². The SMILES string of the molecule is N=C(N)CCCN1CCC(CN2CCCC2)CC1. The molecule has 0 aliphatic carbocycles. The fourth-order valence-corrected chi connectivity index (χ4v) is 3.22. The van der Waals surface area contributed by atoms with Gasteiger partial charge in [0.1, 0.15) is 0 Å². The molecule has 4 heteroatoms. The van der Waals surface area contributed by atoms with Crippen LogP contribution in [0.2, 0.25) is 0 Å². The predicted octanol–water partition coefficient (Wildman–Crippen LogP) is 1.51. The molecular formula is C14H28N4. The number of amidine groups is 1. The molecule has 0 amide bonds. The molecule has 0 atom stereocenters. The van der Waals surface area contributed by atoms with Crippen LogP contribution >= 0.6 is 0 Å². The number of nitrogens with zero attached hydrogens (tertiary/aromatic N) is 2. The summed E-state index contributed by atoms with van der Waals surface area (Å²) in [5, 5.41) is 7.22. The van der Waals surface area contributed by atoms with Gasteiger partial charge in [-0.15, -0.1) is 0 Å². The first-order valence-electron chi connectivity index (χ1n) is 7.51. The van der Waals surface area contributed by atoms with Gasteiger partial charge in [0.2, 0.25) is 0 Å². The van der Waals surface area contributed by atoms with E-state index in [1.165, 1.54) is 58.4 Å². The van der Waals surface area contributed by atoms with Crippen molar-refractivity contribution < 1.29 is 0 Å². The average molecular weight is 252 g/mol. The van der Waals surface area contributed by atoms with Gasteiger partial charge in [0.05, 0.1) is 5.84 Å². The normalized spacial score (nSPS) is 23.6. The van der Waals surface area contributed by atoms with E-state index in [-0.39, 0.29) is 0 Å². The number of hydrogen-bond donors (Lipinski definition) is 2. The lowest BCUT2D eigenvalue weighted by Crippen LogP contribution is -2.38. The monoisotopic (exact) mass is 252 g/mol. The van der Waals surface area contributed by atoms with E-state index in [4.69, 9.17) is 11.1 Å². The lowest BCUT2D eigenvalue weighted by Gasteiger charge is -2.33. The molecule has 2 aliphatic heterocycles. The van der Waals surface area contributed by atoms with E-state index in [0.717, 1.165) is 25.3 Å². The van der Waals surface area contributed by atoms with Gasteiger partial charge in [0, 0.05) is 13.0 Å². The van der Waals surface area contributed by atoms with Crippen LogP contribution in [-0.4, -0.2) is 54.9 Å². The van der Waals surface area contributed by atoms with Crippen molar-refractivity contribution in [1.29, 1.82) is 5.41 Å². The van der Waals surface area contributed by atoms with Crippen LogP contribution in [0.15, 0.2) is 0 Å². The molecule has 0 aromatic heterocycles. The Hall–Kier alpha value is -0.610. The Kier molecular flexibility index (Phi) is 5.45. The molecule has 2 rings (SSSR count). The summed E-state index contributed by atoms with van der Waals surface area (Å²) in [5.74, 6) is 1.26. The summed E-state index contributed by atoms with van der Waals surface area (Å²) >= 11 is 0. The number of likely N-dealkylation sites (tertiary alicyclic amines) is 2. The molecule has 0 saturated carbocycles. The van der Waals surface area contributed by atoms with Crippen molar-refractivity contribution in [1.82, 2.24) is 9.80 Å². The Morgan fingerprint density at radius 1 is 1.06 bits per heavy atom. The van der Waals surface area contributed by atoms with Crippen molar-refractivity contribution >= 4 is 5.84 Å². The zero-order valence-corrected chi connectivity index (χ0v) is 11.5. The number of hydrogen-bond acceptors (Lipinski definition) is 3. The van der Waals surface area contributed by atoms with Crippen LogP contribution in [0.1, 0.15) is 38.5 Å². The van der Waals surface area contributed by atoms with E-state index in [9.17, 15) is 0 Å². The second-order valence-corrected chi connectivity index (χ2v) is 5.92. The van der Waals surface area contributed by atoms with E-state index >= 15 is 0 Å². The Balaban J connectivity index is 1.57. The molecule has 0 unspecified atom stereocenters. The summed E-state index contributed by atoms with van der Waals surface area (Å²) < 4.78 is 0. The van der Waals surface area contributed by atoms with Crippen LogP contribution in [0.5, 0.6) is 0 Å². The van der Waals surface area contributed by atoms with Crippen molar-refractivity contribution in [3.05, 3.63) is 0 Å². The summed E-state index contributed by atoms with van der Waals surface area (Å²) in [6, 6.07) is 0. The number of nitrogens with two attached hydrogens (primary N) is 1. The first kappa shape index (κ1) is 13.8. The van der Waals surface area contributed by atoms with E-state index in [0.29, 0.717) is 5.84 Å². The summed E-state index contributed by atoms with van der Waals surface area (Å²) in [6.07, 6.45) is 7.33. The van der Waals surface area contributed by atoms with Gasteiger partial charge >= 0.3 is 0 Å². The molecule has 104 valence electrons. The van der Waals surface area contributed by atoms with Gasteiger partial charge in [-0.1, -0.05) is 0 Å². The van der Waals surface area contributed by atoms with Gasteiger partial charge in [0.15, 0.2) is 0 Å². The van der Waals surface area contributed by atoms with Crippen LogP contribution in [0.25, 0.3) is 0 Å². The third-order valence-electron chi connectivity index (χ3n) is 4.34. The first-order chi connectivity index (χ1) is 8.74. The number of nitrogens with one attached hydrogen (secondary N) is 1. The van der Waals surface area contributed by atoms with Gasteiger partial charge in [-0.05, 0) is 70.7 Å². The highest BCUT2D eigenvalue weighted by Crippen LogP contribution is 2.20. The third kappa shape index (κ3) is 4.58. The second kappa shape index (κ2) is 7.10. The highest BCUT2D eigenvalue weighted by molar-refractivity contribution is 5.76. The molecule has 0 aromatic carbocycles.